The van der Waals surface area contributed by atoms with Gasteiger partial charge in [-0.15, -0.1) is 0 Å². The van der Waals surface area contributed by atoms with Gasteiger partial charge >= 0.3 is 0 Å². The highest BCUT2D eigenvalue weighted by Crippen LogP contribution is 2.29. The summed E-state index contributed by atoms with van der Waals surface area (Å²) in [4.78, 5) is 28.6. The first-order chi connectivity index (χ1) is 13.6. The van der Waals surface area contributed by atoms with Crippen LogP contribution in [-0.4, -0.2) is 27.9 Å². The zero-order chi connectivity index (χ0) is 21.3. The SMILES string of the molecule is Cc1onc(-c2ccc(Br)cc2)c1C(=O)c1c[nH]c(C(=O)NC(C)C(C)(C)C)c1. The van der Waals surface area contributed by atoms with E-state index in [4.69, 9.17) is 4.52 Å². The fourth-order valence-corrected chi connectivity index (χ4v) is 3.00. The number of aryl methyl sites for hydroxylation is 1. The third-order valence-electron chi connectivity index (χ3n) is 5.04. The summed E-state index contributed by atoms with van der Waals surface area (Å²) >= 11 is 3.40. The molecule has 0 aliphatic rings. The zero-order valence-electron chi connectivity index (χ0n) is 17.1. The zero-order valence-corrected chi connectivity index (χ0v) is 18.7. The lowest BCUT2D eigenvalue weighted by Crippen LogP contribution is -2.41. The first-order valence-electron chi connectivity index (χ1n) is 9.34. The quantitative estimate of drug-likeness (QED) is 0.519. The minimum absolute atomic E-state index is 0.0261. The lowest BCUT2D eigenvalue weighted by atomic mass is 9.88. The van der Waals surface area contributed by atoms with Gasteiger partial charge < -0.3 is 14.8 Å². The predicted molar refractivity (Wildman–Crippen MR) is 115 cm³/mol. The van der Waals surface area contributed by atoms with E-state index in [-0.39, 0.29) is 23.1 Å². The van der Waals surface area contributed by atoms with Crippen LogP contribution in [0.2, 0.25) is 0 Å². The summed E-state index contributed by atoms with van der Waals surface area (Å²) in [6, 6.07) is 9.02. The van der Waals surface area contributed by atoms with Crippen LogP contribution in [0.5, 0.6) is 0 Å². The van der Waals surface area contributed by atoms with Gasteiger partial charge in [-0.3, -0.25) is 9.59 Å². The average Bonchev–Trinajstić information content (AvgIpc) is 3.28. The van der Waals surface area contributed by atoms with Gasteiger partial charge in [0.05, 0.1) is 5.56 Å². The highest BCUT2D eigenvalue weighted by Gasteiger charge is 2.26. The summed E-state index contributed by atoms with van der Waals surface area (Å²) in [5, 5.41) is 7.03. The van der Waals surface area contributed by atoms with Crippen LogP contribution < -0.4 is 5.32 Å². The van der Waals surface area contributed by atoms with E-state index in [1.54, 1.807) is 13.0 Å². The highest BCUT2D eigenvalue weighted by atomic mass is 79.9. The minimum Gasteiger partial charge on any atom is -0.360 e. The monoisotopic (exact) mass is 457 g/mol. The Balaban J connectivity index is 1.87. The minimum atomic E-state index is -0.249. The van der Waals surface area contributed by atoms with Gasteiger partial charge in [0.1, 0.15) is 17.1 Å². The molecule has 3 rings (SSSR count). The van der Waals surface area contributed by atoms with Gasteiger partial charge in [-0.05, 0) is 37.5 Å². The van der Waals surface area contributed by atoms with Crippen molar-refractivity contribution in [3.63, 3.8) is 0 Å². The summed E-state index contributed by atoms with van der Waals surface area (Å²) in [6.07, 6.45) is 1.54. The smallest absolute Gasteiger partial charge is 0.267 e. The molecule has 0 aliphatic carbocycles. The standard InChI is InChI=1S/C22H24BrN3O3/c1-12-18(19(26-29-12)14-6-8-16(23)9-7-14)20(27)15-10-17(24-11-15)21(28)25-13(2)22(3,4)5/h6-11,13,24H,1-5H3,(H,25,28). The molecule has 0 saturated heterocycles. The Kier molecular flexibility index (Phi) is 5.80. The van der Waals surface area contributed by atoms with E-state index in [0.29, 0.717) is 28.3 Å². The van der Waals surface area contributed by atoms with Crippen LogP contribution in [0, 0.1) is 12.3 Å². The summed E-state index contributed by atoms with van der Waals surface area (Å²) in [6.45, 7) is 9.82. The maximum absolute atomic E-state index is 13.1. The van der Waals surface area contributed by atoms with E-state index in [2.05, 4.69) is 52.2 Å². The molecule has 0 saturated carbocycles. The molecular formula is C22H24BrN3O3. The summed E-state index contributed by atoms with van der Waals surface area (Å²) in [7, 11) is 0. The Hall–Kier alpha value is -2.67. The van der Waals surface area contributed by atoms with Crippen molar-refractivity contribution in [2.45, 2.75) is 40.7 Å². The molecule has 3 aromatic rings. The van der Waals surface area contributed by atoms with Crippen molar-refractivity contribution < 1.29 is 14.1 Å². The predicted octanol–water partition coefficient (Wildman–Crippen LogP) is 5.14. The van der Waals surface area contributed by atoms with E-state index >= 15 is 0 Å². The maximum atomic E-state index is 13.1. The maximum Gasteiger partial charge on any atom is 0.267 e. The van der Waals surface area contributed by atoms with Crippen LogP contribution in [0.25, 0.3) is 11.3 Å². The number of amides is 1. The molecule has 7 heteroatoms. The van der Waals surface area contributed by atoms with E-state index < -0.39 is 0 Å². The number of benzene rings is 1. The van der Waals surface area contributed by atoms with Gasteiger partial charge in [-0.2, -0.15) is 0 Å². The molecule has 152 valence electrons. The molecule has 0 spiro atoms. The van der Waals surface area contributed by atoms with Gasteiger partial charge in [-0.25, -0.2) is 0 Å². The first-order valence-corrected chi connectivity index (χ1v) is 10.1. The Labute approximate surface area is 178 Å². The van der Waals surface area contributed by atoms with Gasteiger partial charge in [-0.1, -0.05) is 54.0 Å². The molecule has 1 amide bonds. The number of aromatic nitrogens is 2. The fraction of sp³-hybridized carbons (Fsp3) is 0.318. The molecule has 1 unspecified atom stereocenters. The number of aromatic amines is 1. The molecule has 0 radical (unpaired) electrons. The number of ketones is 1. The second-order valence-electron chi connectivity index (χ2n) is 8.16. The lowest BCUT2D eigenvalue weighted by Gasteiger charge is -2.27. The van der Waals surface area contributed by atoms with Crippen molar-refractivity contribution >= 4 is 27.6 Å². The lowest BCUT2D eigenvalue weighted by molar-refractivity contribution is 0.0905. The number of nitrogens with zero attached hydrogens (tertiary/aromatic N) is 1. The van der Waals surface area contributed by atoms with Crippen LogP contribution in [0.3, 0.4) is 0 Å². The normalized spacial score (nSPS) is 12.6. The van der Waals surface area contributed by atoms with E-state index in [9.17, 15) is 9.59 Å². The van der Waals surface area contributed by atoms with Crippen LogP contribution >= 0.6 is 15.9 Å². The number of carbonyl (C=O) groups is 2. The van der Waals surface area contributed by atoms with Crippen molar-refractivity contribution in [3.8, 4) is 11.3 Å². The molecule has 0 bridgehead atoms. The number of nitrogens with one attached hydrogen (secondary N) is 2. The van der Waals surface area contributed by atoms with Crippen molar-refractivity contribution in [1.82, 2.24) is 15.5 Å². The number of halogens is 1. The fourth-order valence-electron chi connectivity index (χ4n) is 2.74. The molecule has 2 heterocycles. The summed E-state index contributed by atoms with van der Waals surface area (Å²) in [5.41, 5.74) is 2.29. The molecular weight excluding hydrogens is 434 g/mol. The molecule has 1 aromatic carbocycles. The van der Waals surface area contributed by atoms with Crippen molar-refractivity contribution in [2.75, 3.05) is 0 Å². The van der Waals surface area contributed by atoms with Crippen molar-refractivity contribution in [2.24, 2.45) is 5.41 Å². The van der Waals surface area contributed by atoms with E-state index in [1.165, 1.54) is 6.20 Å². The number of hydrogen-bond donors (Lipinski definition) is 2. The first kappa shape index (κ1) is 21.0. The molecule has 0 aliphatic heterocycles. The largest absolute Gasteiger partial charge is 0.360 e. The summed E-state index contributed by atoms with van der Waals surface area (Å²) < 4.78 is 6.23. The van der Waals surface area contributed by atoms with Crippen molar-refractivity contribution in [1.29, 1.82) is 0 Å². The molecule has 29 heavy (non-hydrogen) atoms. The second-order valence-corrected chi connectivity index (χ2v) is 9.08. The molecule has 6 nitrogen and oxygen atoms in total. The number of rotatable bonds is 5. The van der Waals surface area contributed by atoms with Crippen molar-refractivity contribution in [3.05, 3.63) is 63.6 Å². The van der Waals surface area contributed by atoms with Gasteiger partial charge in [0.15, 0.2) is 5.78 Å². The Morgan fingerprint density at radius 2 is 1.86 bits per heavy atom. The van der Waals surface area contributed by atoms with Gasteiger partial charge in [0.25, 0.3) is 5.91 Å². The van der Waals surface area contributed by atoms with Crippen LogP contribution in [0.1, 0.15) is 59.9 Å². The molecule has 2 aromatic heterocycles. The van der Waals surface area contributed by atoms with Crippen LogP contribution in [-0.2, 0) is 0 Å². The molecule has 1 atom stereocenters. The second kappa shape index (κ2) is 7.99. The van der Waals surface area contributed by atoms with Gasteiger partial charge in [0, 0.05) is 27.8 Å². The van der Waals surface area contributed by atoms with Gasteiger partial charge in [0.2, 0.25) is 0 Å². The number of H-pyrrole nitrogens is 1. The summed E-state index contributed by atoms with van der Waals surface area (Å²) in [5.74, 6) is -0.0658. The third kappa shape index (κ3) is 4.50. The van der Waals surface area contributed by atoms with E-state index in [1.807, 2.05) is 31.2 Å². The Morgan fingerprint density at radius 1 is 1.21 bits per heavy atom. The molecule has 0 fully saturated rings. The van der Waals surface area contributed by atoms with E-state index in [0.717, 1.165) is 10.0 Å². The highest BCUT2D eigenvalue weighted by molar-refractivity contribution is 9.10. The Bertz CT molecular complexity index is 1040. The average molecular weight is 458 g/mol. The number of carbonyl (C=O) groups excluding carboxylic acids is 2. The van der Waals surface area contributed by atoms with Crippen LogP contribution in [0.15, 0.2) is 45.5 Å². The third-order valence-corrected chi connectivity index (χ3v) is 5.57. The number of hydrogen-bond acceptors (Lipinski definition) is 4. The Morgan fingerprint density at radius 3 is 2.48 bits per heavy atom. The molecule has 2 N–H and O–H groups in total. The topological polar surface area (TPSA) is 88.0 Å². The van der Waals surface area contributed by atoms with Crippen LogP contribution in [0.4, 0.5) is 0 Å².